The third kappa shape index (κ3) is 4.73. The van der Waals surface area contributed by atoms with E-state index in [1.807, 2.05) is 26.8 Å². The van der Waals surface area contributed by atoms with Crippen molar-refractivity contribution in [3.63, 3.8) is 0 Å². The second kappa shape index (κ2) is 8.18. The first-order valence-corrected chi connectivity index (χ1v) is 8.37. The molecule has 1 fully saturated rings. The second-order valence-electron chi connectivity index (χ2n) is 6.30. The molecular weight excluding hydrogens is 276 g/mol. The zero-order valence-corrected chi connectivity index (χ0v) is 13.9. The molecule has 0 bridgehead atoms. The Kier molecular flexibility index (Phi) is 6.25. The summed E-state index contributed by atoms with van der Waals surface area (Å²) in [6.07, 6.45) is 3.55. The monoisotopic (exact) mass is 304 g/mol. The molecule has 0 radical (unpaired) electrons. The number of piperidine rings is 1. The van der Waals surface area contributed by atoms with Gasteiger partial charge < -0.3 is 15.4 Å². The van der Waals surface area contributed by atoms with Gasteiger partial charge in [0.25, 0.3) is 0 Å². The number of benzene rings is 1. The van der Waals surface area contributed by atoms with Crippen LogP contribution in [-0.2, 0) is 11.2 Å². The van der Waals surface area contributed by atoms with Crippen molar-refractivity contribution in [1.29, 1.82) is 0 Å². The average Bonchev–Trinajstić information content (AvgIpc) is 2.51. The molecule has 1 heterocycles. The van der Waals surface area contributed by atoms with Crippen molar-refractivity contribution in [2.24, 2.45) is 11.8 Å². The van der Waals surface area contributed by atoms with E-state index in [2.05, 4.69) is 22.8 Å². The highest BCUT2D eigenvalue weighted by molar-refractivity contribution is 5.93. The van der Waals surface area contributed by atoms with Crippen LogP contribution in [0.1, 0.15) is 39.2 Å². The van der Waals surface area contributed by atoms with Crippen LogP contribution in [0.15, 0.2) is 18.2 Å². The Labute approximate surface area is 133 Å². The highest BCUT2D eigenvalue weighted by atomic mass is 16.5. The number of hydrogen-bond donors (Lipinski definition) is 2. The van der Waals surface area contributed by atoms with Gasteiger partial charge in [-0.15, -0.1) is 0 Å². The molecular formula is C18H28N2O2. The molecule has 0 aliphatic carbocycles. The lowest BCUT2D eigenvalue weighted by Crippen LogP contribution is -2.28. The van der Waals surface area contributed by atoms with Crippen molar-refractivity contribution in [2.75, 3.05) is 25.0 Å². The maximum absolute atomic E-state index is 11.9. The first kappa shape index (κ1) is 16.8. The highest BCUT2D eigenvalue weighted by Gasteiger charge is 2.16. The quantitative estimate of drug-likeness (QED) is 0.848. The minimum Gasteiger partial charge on any atom is -0.492 e. The van der Waals surface area contributed by atoms with Crippen LogP contribution in [0.3, 0.4) is 0 Å². The summed E-state index contributed by atoms with van der Waals surface area (Å²) in [5.41, 5.74) is 2.06. The predicted octanol–water partition coefficient (Wildman–Crippen LogP) is 3.22. The number of nitrogens with one attached hydrogen (secondary N) is 2. The number of amides is 1. The summed E-state index contributed by atoms with van der Waals surface area (Å²) < 4.78 is 5.72. The summed E-state index contributed by atoms with van der Waals surface area (Å²) in [7, 11) is 0. The lowest BCUT2D eigenvalue weighted by Gasteiger charge is -2.23. The third-order valence-electron chi connectivity index (χ3n) is 4.11. The molecule has 0 spiro atoms. The van der Waals surface area contributed by atoms with Crippen LogP contribution in [0.5, 0.6) is 5.75 Å². The van der Waals surface area contributed by atoms with Gasteiger partial charge in [0, 0.05) is 5.92 Å². The Balaban J connectivity index is 2.09. The van der Waals surface area contributed by atoms with E-state index in [1.54, 1.807) is 0 Å². The molecule has 1 aliphatic rings. The molecule has 0 aromatic heterocycles. The first-order valence-electron chi connectivity index (χ1n) is 8.37. The van der Waals surface area contributed by atoms with Crippen LogP contribution in [-0.4, -0.2) is 25.6 Å². The summed E-state index contributed by atoms with van der Waals surface area (Å²) in [5.74, 6) is 1.51. The highest BCUT2D eigenvalue weighted by Crippen LogP contribution is 2.29. The molecule has 122 valence electrons. The van der Waals surface area contributed by atoms with Gasteiger partial charge in [-0.3, -0.25) is 4.79 Å². The maximum Gasteiger partial charge on any atom is 0.227 e. The zero-order chi connectivity index (χ0) is 15.9. The van der Waals surface area contributed by atoms with Crippen molar-refractivity contribution in [3.05, 3.63) is 23.8 Å². The largest absolute Gasteiger partial charge is 0.492 e. The standard InChI is InChI=1S/C18H28N2O2/c1-4-22-17-12-15(11-14-7-9-19-10-8-14)5-6-16(17)20-18(21)13(2)3/h5-6,12-14,19H,4,7-11H2,1-3H3,(H,20,21). The van der Waals surface area contributed by atoms with Crippen molar-refractivity contribution < 1.29 is 9.53 Å². The zero-order valence-electron chi connectivity index (χ0n) is 13.9. The van der Waals surface area contributed by atoms with Gasteiger partial charge in [0.2, 0.25) is 5.91 Å². The normalized spacial score (nSPS) is 15.8. The second-order valence-corrected chi connectivity index (χ2v) is 6.30. The van der Waals surface area contributed by atoms with E-state index in [1.165, 1.54) is 18.4 Å². The van der Waals surface area contributed by atoms with Gasteiger partial charge >= 0.3 is 0 Å². The fourth-order valence-corrected chi connectivity index (χ4v) is 2.77. The molecule has 4 heteroatoms. The van der Waals surface area contributed by atoms with E-state index in [0.717, 1.165) is 36.9 Å². The Bertz CT molecular complexity index is 494. The van der Waals surface area contributed by atoms with E-state index in [-0.39, 0.29) is 11.8 Å². The minimum absolute atomic E-state index is 0.0204. The van der Waals surface area contributed by atoms with Gasteiger partial charge in [0.15, 0.2) is 0 Å². The Morgan fingerprint density at radius 3 is 2.73 bits per heavy atom. The van der Waals surface area contributed by atoms with Crippen LogP contribution >= 0.6 is 0 Å². The molecule has 0 saturated carbocycles. The summed E-state index contributed by atoms with van der Waals surface area (Å²) in [4.78, 5) is 11.9. The van der Waals surface area contributed by atoms with Gasteiger partial charge in [-0.25, -0.2) is 0 Å². The van der Waals surface area contributed by atoms with Gasteiger partial charge in [-0.1, -0.05) is 19.9 Å². The van der Waals surface area contributed by atoms with Crippen LogP contribution in [0, 0.1) is 11.8 Å². The number of hydrogen-bond acceptors (Lipinski definition) is 3. The molecule has 1 aromatic carbocycles. The van der Waals surface area contributed by atoms with Crippen LogP contribution < -0.4 is 15.4 Å². The molecule has 1 saturated heterocycles. The Morgan fingerprint density at radius 2 is 2.09 bits per heavy atom. The van der Waals surface area contributed by atoms with Crippen LogP contribution in [0.2, 0.25) is 0 Å². The minimum atomic E-state index is -0.0381. The third-order valence-corrected chi connectivity index (χ3v) is 4.11. The molecule has 2 rings (SSSR count). The Hall–Kier alpha value is -1.55. The number of carbonyl (C=O) groups is 1. The SMILES string of the molecule is CCOc1cc(CC2CCNCC2)ccc1NC(=O)C(C)C. The smallest absolute Gasteiger partial charge is 0.227 e. The van der Waals surface area contributed by atoms with Gasteiger partial charge in [0.1, 0.15) is 5.75 Å². The van der Waals surface area contributed by atoms with Crippen LogP contribution in [0.25, 0.3) is 0 Å². The van der Waals surface area contributed by atoms with Crippen molar-refractivity contribution in [3.8, 4) is 5.75 Å². The average molecular weight is 304 g/mol. The predicted molar refractivity (Wildman–Crippen MR) is 90.4 cm³/mol. The van der Waals surface area contributed by atoms with Crippen LogP contribution in [0.4, 0.5) is 5.69 Å². The summed E-state index contributed by atoms with van der Waals surface area (Å²) in [6.45, 7) is 8.58. The lowest BCUT2D eigenvalue weighted by atomic mass is 9.91. The van der Waals surface area contributed by atoms with E-state index in [9.17, 15) is 4.79 Å². The molecule has 2 N–H and O–H groups in total. The lowest BCUT2D eigenvalue weighted by molar-refractivity contribution is -0.118. The number of rotatable bonds is 6. The maximum atomic E-state index is 11.9. The van der Waals surface area contributed by atoms with Crippen molar-refractivity contribution >= 4 is 11.6 Å². The number of anilines is 1. The molecule has 1 aromatic rings. The molecule has 4 nitrogen and oxygen atoms in total. The molecule has 1 amide bonds. The van der Waals surface area contributed by atoms with Gasteiger partial charge in [-0.05, 0) is 62.9 Å². The summed E-state index contributed by atoms with van der Waals surface area (Å²) in [5, 5.41) is 6.35. The Morgan fingerprint density at radius 1 is 1.36 bits per heavy atom. The van der Waals surface area contributed by atoms with Crippen molar-refractivity contribution in [2.45, 2.75) is 40.0 Å². The van der Waals surface area contributed by atoms with Crippen molar-refractivity contribution in [1.82, 2.24) is 5.32 Å². The van der Waals surface area contributed by atoms with E-state index >= 15 is 0 Å². The van der Waals surface area contributed by atoms with E-state index < -0.39 is 0 Å². The van der Waals surface area contributed by atoms with E-state index in [0.29, 0.717) is 6.61 Å². The number of ether oxygens (including phenoxy) is 1. The molecule has 1 aliphatic heterocycles. The molecule has 0 unspecified atom stereocenters. The van der Waals surface area contributed by atoms with E-state index in [4.69, 9.17) is 4.74 Å². The van der Waals surface area contributed by atoms with Gasteiger partial charge in [-0.2, -0.15) is 0 Å². The summed E-state index contributed by atoms with van der Waals surface area (Å²) >= 11 is 0. The molecule has 0 atom stereocenters. The summed E-state index contributed by atoms with van der Waals surface area (Å²) in [6, 6.07) is 6.17. The fourth-order valence-electron chi connectivity index (χ4n) is 2.77. The topological polar surface area (TPSA) is 50.4 Å². The fraction of sp³-hybridized carbons (Fsp3) is 0.611. The van der Waals surface area contributed by atoms with Gasteiger partial charge in [0.05, 0.1) is 12.3 Å². The molecule has 22 heavy (non-hydrogen) atoms. The first-order chi connectivity index (χ1) is 10.6. The number of carbonyl (C=O) groups excluding carboxylic acids is 1.